The molecule has 4 atom stereocenters. The van der Waals surface area contributed by atoms with Gasteiger partial charge < -0.3 is 61.5 Å². The van der Waals surface area contributed by atoms with E-state index in [1.165, 1.54) is 7.05 Å². The Balaban J connectivity index is 4.65. The van der Waals surface area contributed by atoms with Crippen molar-refractivity contribution in [1.29, 1.82) is 0 Å². The summed E-state index contributed by atoms with van der Waals surface area (Å²) in [7, 11) is -3.29. The van der Waals surface area contributed by atoms with Gasteiger partial charge in [-0.1, -0.05) is 27.7 Å². The fourth-order valence-electron chi connectivity index (χ4n) is 5.88. The lowest BCUT2D eigenvalue weighted by Crippen LogP contribution is -2.54. The monoisotopic (exact) mass is 854 g/mol. The Morgan fingerprint density at radius 2 is 1.31 bits per heavy atom. The summed E-state index contributed by atoms with van der Waals surface area (Å²) in [5.74, 6) is -7.67. The van der Waals surface area contributed by atoms with E-state index < -0.39 is 105 Å². The highest BCUT2D eigenvalue weighted by molar-refractivity contribution is 7.85. The van der Waals surface area contributed by atoms with E-state index in [-0.39, 0.29) is 65.2 Å². The maximum absolute atomic E-state index is 12.9. The van der Waals surface area contributed by atoms with Gasteiger partial charge in [-0.15, -0.1) is 0 Å². The number of aliphatic hydroxyl groups is 1. The number of likely N-dealkylation sites (N-methyl/N-ethyl adjacent to an activating group) is 1. The third-order valence-electron chi connectivity index (χ3n) is 8.41. The molecule has 0 aromatic rings. The minimum atomic E-state index is -4.82. The average molecular weight is 855 g/mol. The number of carboxylic acid groups (broad SMARTS) is 2. The second-order valence-corrected chi connectivity index (χ2v) is 16.6. The number of rotatable bonds is 33. The molecule has 5 amide bonds. The van der Waals surface area contributed by atoms with Crippen LogP contribution in [0, 0.1) is 10.8 Å². The van der Waals surface area contributed by atoms with E-state index >= 15 is 0 Å². The molecule has 0 aliphatic carbocycles. The number of ether oxygens (including phenoxy) is 2. The Morgan fingerprint density at radius 3 is 1.88 bits per heavy atom. The first-order valence-corrected chi connectivity index (χ1v) is 20.3. The molecule has 0 heterocycles. The molecule has 0 aromatic carbocycles. The van der Waals surface area contributed by atoms with Crippen LogP contribution in [-0.4, -0.2) is 159 Å². The van der Waals surface area contributed by atoms with E-state index in [9.17, 15) is 61.5 Å². The van der Waals surface area contributed by atoms with Crippen LogP contribution in [0.1, 0.15) is 79.1 Å². The normalized spacial score (nSPS) is 13.9. The summed E-state index contributed by atoms with van der Waals surface area (Å²) in [6, 6.07) is -5.45. The molecule has 22 nitrogen and oxygen atoms in total. The zero-order valence-corrected chi connectivity index (χ0v) is 34.6. The maximum Gasteiger partial charge on any atom is 0.326 e. The number of hydrogen-bond acceptors (Lipinski definition) is 14. The van der Waals surface area contributed by atoms with Crippen molar-refractivity contribution in [2.45, 2.75) is 103 Å². The third-order valence-corrected chi connectivity index (χ3v) is 9.16. The highest BCUT2D eigenvalue weighted by Gasteiger charge is 2.34. The van der Waals surface area contributed by atoms with Crippen LogP contribution in [0.2, 0.25) is 0 Å². The molecule has 0 aliphatic rings. The van der Waals surface area contributed by atoms with Gasteiger partial charge in [0.05, 0.1) is 26.4 Å². The molecule has 0 aliphatic heterocycles. The number of hydrogen-bond donors (Lipinski definition) is 10. The van der Waals surface area contributed by atoms with Crippen molar-refractivity contribution in [3.05, 3.63) is 0 Å². The van der Waals surface area contributed by atoms with Gasteiger partial charge in [0.15, 0.2) is 0 Å². The fourth-order valence-corrected chi connectivity index (χ4v) is 6.53. The lowest BCUT2D eigenvalue weighted by atomic mass is 9.72. The Morgan fingerprint density at radius 1 is 0.707 bits per heavy atom. The summed E-state index contributed by atoms with van der Waals surface area (Å²) in [6.07, 6.45) is 1.35. The summed E-state index contributed by atoms with van der Waals surface area (Å²) in [6.45, 7) is 6.55. The molecule has 0 fully saturated rings. The molecular weight excluding hydrogens is 792 g/mol. The molecule has 23 heteroatoms. The van der Waals surface area contributed by atoms with Crippen LogP contribution in [0.25, 0.3) is 0 Å². The number of carbonyl (C=O) groups is 8. The van der Waals surface area contributed by atoms with Gasteiger partial charge in [0.2, 0.25) is 29.5 Å². The SMILES string of the molecule is CNC(CO)C(=O)NCCCCC(NC(=O)COCCOCCNC(=O)CCC(NC(=O)C(CS(=O)(=O)O)NC(=O)CC(C)(C)CC(C)(C)CC=O)C(=O)O)C(=O)O. The van der Waals surface area contributed by atoms with Crippen molar-refractivity contribution in [3.63, 3.8) is 0 Å². The van der Waals surface area contributed by atoms with Crippen molar-refractivity contribution < 1.29 is 76.1 Å². The largest absolute Gasteiger partial charge is 0.480 e. The van der Waals surface area contributed by atoms with Crippen LogP contribution in [-0.2, 0) is 57.9 Å². The number of amides is 5. The second kappa shape index (κ2) is 27.4. The van der Waals surface area contributed by atoms with Gasteiger partial charge in [0.25, 0.3) is 10.1 Å². The molecule has 0 rings (SSSR count). The number of aliphatic hydroxyl groups excluding tert-OH is 1. The van der Waals surface area contributed by atoms with E-state index in [4.69, 9.17) is 14.6 Å². The molecule has 0 spiro atoms. The van der Waals surface area contributed by atoms with E-state index in [1.807, 2.05) is 13.8 Å². The van der Waals surface area contributed by atoms with E-state index in [2.05, 4.69) is 31.9 Å². The van der Waals surface area contributed by atoms with Crippen LogP contribution in [0.4, 0.5) is 0 Å². The van der Waals surface area contributed by atoms with Crippen molar-refractivity contribution in [1.82, 2.24) is 31.9 Å². The molecule has 0 saturated heterocycles. The highest BCUT2D eigenvalue weighted by Crippen LogP contribution is 2.37. The Bertz CT molecular complexity index is 1470. The van der Waals surface area contributed by atoms with Crippen molar-refractivity contribution >= 4 is 57.9 Å². The number of unbranched alkanes of at least 4 members (excludes halogenated alkanes) is 1. The van der Waals surface area contributed by atoms with Crippen LogP contribution in [0.3, 0.4) is 0 Å². The third kappa shape index (κ3) is 25.9. The lowest BCUT2D eigenvalue weighted by molar-refractivity contribution is -0.143. The number of nitrogens with one attached hydrogen (secondary N) is 6. The van der Waals surface area contributed by atoms with E-state index in [0.29, 0.717) is 19.3 Å². The van der Waals surface area contributed by atoms with Crippen molar-refractivity contribution in [3.8, 4) is 0 Å². The van der Waals surface area contributed by atoms with Crippen molar-refractivity contribution in [2.75, 3.05) is 58.9 Å². The minimum absolute atomic E-state index is 0.0000518. The van der Waals surface area contributed by atoms with Crippen molar-refractivity contribution in [2.24, 2.45) is 10.8 Å². The van der Waals surface area contributed by atoms with Crippen LogP contribution < -0.4 is 31.9 Å². The summed E-state index contributed by atoms with van der Waals surface area (Å²) < 4.78 is 43.1. The molecule has 334 valence electrons. The highest BCUT2D eigenvalue weighted by atomic mass is 32.2. The molecule has 0 bridgehead atoms. The van der Waals surface area contributed by atoms with Gasteiger partial charge >= 0.3 is 11.9 Å². The number of aldehydes is 1. The average Bonchev–Trinajstić information content (AvgIpc) is 3.08. The van der Waals surface area contributed by atoms with Gasteiger partial charge in [-0.05, 0) is 50.0 Å². The molecular formula is C35H62N6O16S. The quantitative estimate of drug-likeness (QED) is 0.0189. The lowest BCUT2D eigenvalue weighted by Gasteiger charge is -2.34. The predicted octanol–water partition coefficient (Wildman–Crippen LogP) is -2.28. The first kappa shape index (κ1) is 53.7. The van der Waals surface area contributed by atoms with Crippen LogP contribution in [0.5, 0.6) is 0 Å². The number of aliphatic carboxylic acids is 2. The first-order valence-electron chi connectivity index (χ1n) is 18.7. The van der Waals surface area contributed by atoms with Gasteiger partial charge in [0, 0.05) is 32.4 Å². The number of carboxylic acids is 2. The predicted molar refractivity (Wildman–Crippen MR) is 206 cm³/mol. The van der Waals surface area contributed by atoms with Gasteiger partial charge in [-0.25, -0.2) is 9.59 Å². The zero-order chi connectivity index (χ0) is 44.5. The Kier molecular flexibility index (Phi) is 25.4. The molecule has 4 unspecified atom stereocenters. The van der Waals surface area contributed by atoms with E-state index in [0.717, 1.165) is 6.29 Å². The summed E-state index contributed by atoms with van der Waals surface area (Å²) in [5, 5.41) is 42.5. The van der Waals surface area contributed by atoms with Crippen LogP contribution >= 0.6 is 0 Å². The molecule has 0 aromatic heterocycles. The van der Waals surface area contributed by atoms with Gasteiger partial charge in [-0.2, -0.15) is 8.42 Å². The summed E-state index contributed by atoms with van der Waals surface area (Å²) >= 11 is 0. The van der Waals surface area contributed by atoms with E-state index in [1.54, 1.807) is 13.8 Å². The smallest absolute Gasteiger partial charge is 0.326 e. The molecule has 0 radical (unpaired) electrons. The standard InChI is InChI=1S/C35H62N6O16S/c1-34(2,11-14-42)22-35(3,4)18-28(45)40-26(21-58(53,54)55)31(48)41-24(33(51)52)9-10-27(44)37-13-15-56-16-17-57-20-29(46)39-23(32(49)50)8-6-7-12-38-30(47)25(19-43)36-5/h14,23-26,36,43H,6-13,15-22H2,1-5H3,(H,37,44)(H,38,47)(H,39,46)(H,40,45)(H,41,48)(H,49,50)(H,51,52)(H,53,54,55). The van der Waals surface area contributed by atoms with Crippen LogP contribution in [0.15, 0.2) is 0 Å². The fraction of sp³-hybridized carbons (Fsp3) is 0.771. The first-order chi connectivity index (χ1) is 27.0. The van der Waals surface area contributed by atoms with Gasteiger partial charge in [0.1, 0.15) is 42.8 Å². The topological polar surface area (TPSA) is 342 Å². The Hall–Kier alpha value is -4.29. The zero-order valence-electron chi connectivity index (χ0n) is 33.8. The second-order valence-electron chi connectivity index (χ2n) is 15.1. The molecule has 0 saturated carbocycles. The molecule has 58 heavy (non-hydrogen) atoms. The number of carbonyl (C=O) groups excluding carboxylic acids is 6. The Labute approximate surface area is 338 Å². The summed E-state index contributed by atoms with van der Waals surface area (Å²) in [4.78, 5) is 96.4. The summed E-state index contributed by atoms with van der Waals surface area (Å²) in [5.41, 5.74) is -1.14. The minimum Gasteiger partial charge on any atom is -0.480 e. The van der Waals surface area contributed by atoms with Gasteiger partial charge in [-0.3, -0.25) is 28.5 Å². The maximum atomic E-state index is 12.9. The molecule has 10 N–H and O–H groups in total.